The van der Waals surface area contributed by atoms with Gasteiger partial charge in [-0.2, -0.15) is 0 Å². The van der Waals surface area contributed by atoms with Crippen LogP contribution in [0.15, 0.2) is 24.3 Å². The molecular formula is C18H29N3O4. The minimum atomic E-state index is -0.561. The number of nitrogens with one attached hydrogen (secondary N) is 2. The zero-order valence-corrected chi connectivity index (χ0v) is 15.6. The van der Waals surface area contributed by atoms with Gasteiger partial charge in [0.25, 0.3) is 0 Å². The van der Waals surface area contributed by atoms with Crippen molar-refractivity contribution in [2.45, 2.75) is 52.7 Å². The normalized spacial score (nSPS) is 12.4. The maximum absolute atomic E-state index is 12.0. The molecule has 0 aliphatic carbocycles. The highest BCUT2D eigenvalue weighted by atomic mass is 16.6. The lowest BCUT2D eigenvalue weighted by atomic mass is 10.1. The Kier molecular flexibility index (Phi) is 7.70. The summed E-state index contributed by atoms with van der Waals surface area (Å²) in [5.74, 6) is 5.56. The molecule has 0 heterocycles. The van der Waals surface area contributed by atoms with Gasteiger partial charge in [0.2, 0.25) is 5.91 Å². The molecule has 7 nitrogen and oxygen atoms in total. The maximum Gasteiger partial charge on any atom is 0.407 e. The molecule has 1 aromatic rings. The second-order valence-corrected chi connectivity index (χ2v) is 7.16. The molecule has 0 aromatic heterocycles. The van der Waals surface area contributed by atoms with Crippen LogP contribution in [-0.4, -0.2) is 30.3 Å². The van der Waals surface area contributed by atoms with Gasteiger partial charge < -0.3 is 14.8 Å². The molecule has 7 heteroatoms. The molecular weight excluding hydrogens is 322 g/mol. The number of hydrogen-bond donors (Lipinski definition) is 3. The van der Waals surface area contributed by atoms with E-state index in [1.807, 2.05) is 46.8 Å². The van der Waals surface area contributed by atoms with E-state index in [9.17, 15) is 9.59 Å². The summed E-state index contributed by atoms with van der Waals surface area (Å²) in [6.07, 6.45) is -0.357. The maximum atomic E-state index is 12.0. The number of ether oxygens (including phenoxy) is 2. The van der Waals surface area contributed by atoms with E-state index in [0.717, 1.165) is 5.56 Å². The molecule has 0 bridgehead atoms. The Hall–Kier alpha value is -2.28. The van der Waals surface area contributed by atoms with Crippen LogP contribution in [-0.2, 0) is 16.0 Å². The lowest BCUT2D eigenvalue weighted by molar-refractivity contribution is -0.120. The smallest absolute Gasteiger partial charge is 0.407 e. The summed E-state index contributed by atoms with van der Waals surface area (Å²) in [4.78, 5) is 23.5. The van der Waals surface area contributed by atoms with E-state index in [1.165, 1.54) is 0 Å². The molecule has 25 heavy (non-hydrogen) atoms. The monoisotopic (exact) mass is 351 g/mol. The number of amides is 2. The Bertz CT molecular complexity index is 582. The molecule has 140 valence electrons. The van der Waals surface area contributed by atoms with E-state index in [2.05, 4.69) is 10.7 Å². The molecule has 1 rings (SSSR count). The molecule has 2 amide bonds. The molecule has 1 atom stereocenters. The van der Waals surface area contributed by atoms with Crippen molar-refractivity contribution in [1.82, 2.24) is 10.7 Å². The summed E-state index contributed by atoms with van der Waals surface area (Å²) in [7, 11) is 0. The quantitative estimate of drug-likeness (QED) is 0.397. The lowest BCUT2D eigenvalue weighted by Crippen LogP contribution is -2.45. The van der Waals surface area contributed by atoms with Crippen LogP contribution in [0.1, 0.15) is 40.2 Å². The Labute approximate surface area is 149 Å². The van der Waals surface area contributed by atoms with Crippen molar-refractivity contribution < 1.29 is 19.1 Å². The number of hydrogen-bond acceptors (Lipinski definition) is 5. The minimum Gasteiger partial charge on any atom is -0.491 e. The number of rotatable bonds is 7. The molecule has 0 unspecified atom stereocenters. The number of nitrogens with two attached hydrogens (primary N) is 1. The van der Waals surface area contributed by atoms with Gasteiger partial charge in [0.1, 0.15) is 18.0 Å². The van der Waals surface area contributed by atoms with Crippen molar-refractivity contribution in [3.05, 3.63) is 29.8 Å². The second-order valence-electron chi connectivity index (χ2n) is 7.16. The highest BCUT2D eigenvalue weighted by Gasteiger charge is 2.22. The number of benzene rings is 1. The molecule has 4 N–H and O–H groups in total. The largest absolute Gasteiger partial charge is 0.491 e. The fraction of sp³-hybridized carbons (Fsp3) is 0.556. The van der Waals surface area contributed by atoms with E-state index in [1.54, 1.807) is 12.1 Å². The fourth-order valence-electron chi connectivity index (χ4n) is 2.05. The third kappa shape index (κ3) is 7.89. The molecule has 0 aliphatic heterocycles. The van der Waals surface area contributed by atoms with Gasteiger partial charge in [-0.15, -0.1) is 0 Å². The van der Waals surface area contributed by atoms with Crippen molar-refractivity contribution in [3.8, 4) is 5.75 Å². The first-order chi connectivity index (χ1) is 11.6. The predicted octanol–water partition coefficient (Wildman–Crippen LogP) is 2.15. The van der Waals surface area contributed by atoms with Crippen molar-refractivity contribution in [1.29, 1.82) is 0 Å². The number of carbonyl (C=O) groups is 2. The lowest BCUT2D eigenvalue weighted by Gasteiger charge is -2.26. The van der Waals surface area contributed by atoms with Crippen molar-refractivity contribution in [2.24, 2.45) is 11.8 Å². The zero-order valence-electron chi connectivity index (χ0n) is 15.6. The van der Waals surface area contributed by atoms with Crippen LogP contribution in [0.4, 0.5) is 4.79 Å². The predicted molar refractivity (Wildman–Crippen MR) is 96.0 cm³/mol. The summed E-state index contributed by atoms with van der Waals surface area (Å²) in [6.45, 7) is 9.67. The van der Waals surface area contributed by atoms with E-state index < -0.39 is 11.7 Å². The summed E-state index contributed by atoms with van der Waals surface area (Å²) in [5.41, 5.74) is 2.27. The first-order valence-corrected chi connectivity index (χ1v) is 8.32. The van der Waals surface area contributed by atoms with Gasteiger partial charge in [0.05, 0.1) is 12.5 Å². The average Bonchev–Trinajstić information content (AvgIpc) is 2.50. The summed E-state index contributed by atoms with van der Waals surface area (Å²) in [5, 5.41) is 2.83. The Morgan fingerprint density at radius 2 is 1.84 bits per heavy atom. The van der Waals surface area contributed by atoms with Gasteiger partial charge in [-0.3, -0.25) is 10.2 Å². The van der Waals surface area contributed by atoms with Crippen molar-refractivity contribution in [2.75, 3.05) is 6.61 Å². The Morgan fingerprint density at radius 3 is 2.40 bits per heavy atom. The van der Waals surface area contributed by atoms with Gasteiger partial charge in [-0.1, -0.05) is 32.0 Å². The number of para-hydroxylation sites is 1. The van der Waals surface area contributed by atoms with Crippen LogP contribution in [0.3, 0.4) is 0 Å². The summed E-state index contributed by atoms with van der Waals surface area (Å²) >= 11 is 0. The van der Waals surface area contributed by atoms with Crippen LogP contribution in [0.5, 0.6) is 5.75 Å². The summed E-state index contributed by atoms with van der Waals surface area (Å²) < 4.78 is 11.1. The van der Waals surface area contributed by atoms with Gasteiger partial charge in [0, 0.05) is 5.56 Å². The molecule has 0 spiro atoms. The topological polar surface area (TPSA) is 103 Å². The van der Waals surface area contributed by atoms with Crippen LogP contribution in [0, 0.1) is 5.92 Å². The number of alkyl carbamates (subject to hydrolysis) is 1. The highest BCUT2D eigenvalue weighted by Crippen LogP contribution is 2.19. The molecule has 0 radical (unpaired) electrons. The van der Waals surface area contributed by atoms with Crippen LogP contribution in [0.25, 0.3) is 0 Å². The van der Waals surface area contributed by atoms with E-state index in [4.69, 9.17) is 15.3 Å². The standard InChI is InChI=1S/C18H29N3O4/c1-12(2)14(20-17(23)25-18(3,4)5)11-24-15-9-7-6-8-13(15)10-16(22)21-19/h6-9,12,14H,10-11,19H2,1-5H3,(H,20,23)(H,21,22)/t14-/m0/s1. The Balaban J connectivity index is 2.72. The van der Waals surface area contributed by atoms with Gasteiger partial charge in [-0.25, -0.2) is 10.6 Å². The molecule has 0 fully saturated rings. The first kappa shape index (κ1) is 20.8. The third-order valence-corrected chi connectivity index (χ3v) is 3.41. The Morgan fingerprint density at radius 1 is 1.20 bits per heavy atom. The van der Waals surface area contributed by atoms with E-state index in [-0.39, 0.29) is 30.9 Å². The van der Waals surface area contributed by atoms with Gasteiger partial charge >= 0.3 is 6.09 Å². The third-order valence-electron chi connectivity index (χ3n) is 3.41. The van der Waals surface area contributed by atoms with E-state index >= 15 is 0 Å². The minimum absolute atomic E-state index is 0.124. The molecule has 0 aliphatic rings. The van der Waals surface area contributed by atoms with Crippen molar-refractivity contribution in [3.63, 3.8) is 0 Å². The van der Waals surface area contributed by atoms with Crippen LogP contribution >= 0.6 is 0 Å². The first-order valence-electron chi connectivity index (χ1n) is 8.32. The van der Waals surface area contributed by atoms with Crippen LogP contribution < -0.4 is 21.3 Å². The number of hydrazine groups is 1. The van der Waals surface area contributed by atoms with E-state index in [0.29, 0.717) is 5.75 Å². The van der Waals surface area contributed by atoms with Gasteiger partial charge in [-0.05, 0) is 32.8 Å². The van der Waals surface area contributed by atoms with Gasteiger partial charge in [0.15, 0.2) is 0 Å². The highest BCUT2D eigenvalue weighted by molar-refractivity contribution is 5.78. The SMILES string of the molecule is CC(C)[C@H](COc1ccccc1CC(=O)NN)NC(=O)OC(C)(C)C. The molecule has 0 saturated carbocycles. The fourth-order valence-corrected chi connectivity index (χ4v) is 2.05. The second kappa shape index (κ2) is 9.27. The van der Waals surface area contributed by atoms with Crippen molar-refractivity contribution >= 4 is 12.0 Å². The summed E-state index contributed by atoms with van der Waals surface area (Å²) in [6, 6.07) is 7.00. The zero-order chi connectivity index (χ0) is 19.0. The molecule has 0 saturated heterocycles. The average molecular weight is 351 g/mol. The molecule has 1 aromatic carbocycles. The van der Waals surface area contributed by atoms with Crippen LogP contribution in [0.2, 0.25) is 0 Å². The number of carbonyl (C=O) groups excluding carboxylic acids is 2.